The van der Waals surface area contributed by atoms with Crippen LogP contribution in [0.2, 0.25) is 0 Å². The van der Waals surface area contributed by atoms with E-state index in [9.17, 15) is 31.1 Å². The van der Waals surface area contributed by atoms with Gasteiger partial charge in [0, 0.05) is 6.07 Å². The molecule has 11 heteroatoms. The van der Waals surface area contributed by atoms with Crippen molar-refractivity contribution in [2.75, 3.05) is 7.11 Å². The summed E-state index contributed by atoms with van der Waals surface area (Å²) in [5.41, 5.74) is -3.27. The first-order valence-corrected chi connectivity index (χ1v) is 4.61. The molecule has 1 aromatic rings. The quantitative estimate of drug-likeness (QED) is 0.870. The number of aromatic carboxylic acids is 1. The van der Waals surface area contributed by atoms with Gasteiger partial charge in [-0.25, -0.2) is 4.79 Å². The molecule has 0 radical (unpaired) electrons. The predicted octanol–water partition coefficient (Wildman–Crippen LogP) is 2.71. The van der Waals surface area contributed by atoms with Crippen molar-refractivity contribution in [2.45, 2.75) is 12.5 Å². The van der Waals surface area contributed by atoms with Crippen LogP contribution in [0.15, 0.2) is 6.07 Å². The number of hydrogen-bond acceptors (Lipinski definition) is 4. The van der Waals surface area contributed by atoms with Gasteiger partial charge in [-0.3, -0.25) is 0 Å². The van der Waals surface area contributed by atoms with Crippen molar-refractivity contribution in [3.05, 3.63) is 17.2 Å². The van der Waals surface area contributed by atoms with E-state index in [2.05, 4.69) is 14.5 Å². The Hall–Kier alpha value is -2.20. The van der Waals surface area contributed by atoms with Crippen LogP contribution in [0.4, 0.5) is 26.3 Å². The number of ether oxygens (including phenoxy) is 2. The minimum absolute atomic E-state index is 0.167. The number of carboxylic acid groups (broad SMARTS) is 1. The number of carbonyl (C=O) groups is 1. The van der Waals surface area contributed by atoms with Gasteiger partial charge in [-0.2, -0.15) is 18.2 Å². The zero-order valence-electron chi connectivity index (χ0n) is 9.46. The molecule has 0 aliphatic carbocycles. The van der Waals surface area contributed by atoms with Gasteiger partial charge in [-0.1, -0.05) is 0 Å². The van der Waals surface area contributed by atoms with Crippen LogP contribution >= 0.6 is 0 Å². The van der Waals surface area contributed by atoms with Crippen LogP contribution in [-0.4, -0.2) is 29.5 Å². The van der Waals surface area contributed by atoms with Crippen LogP contribution in [0.3, 0.4) is 0 Å². The monoisotopic (exact) mass is 305 g/mol. The molecule has 1 rings (SSSR count). The number of pyridine rings is 1. The van der Waals surface area contributed by atoms with E-state index in [1.54, 1.807) is 0 Å². The summed E-state index contributed by atoms with van der Waals surface area (Å²) in [4.78, 5) is 13.7. The summed E-state index contributed by atoms with van der Waals surface area (Å²) in [6.45, 7) is 0. The first-order chi connectivity index (χ1) is 8.95. The highest BCUT2D eigenvalue weighted by Gasteiger charge is 2.40. The Morgan fingerprint density at radius 2 is 1.80 bits per heavy atom. The second-order valence-corrected chi connectivity index (χ2v) is 3.24. The Morgan fingerprint density at radius 1 is 1.25 bits per heavy atom. The molecule has 1 heterocycles. The van der Waals surface area contributed by atoms with Crippen molar-refractivity contribution >= 4 is 5.97 Å². The highest BCUT2D eigenvalue weighted by molar-refractivity contribution is 5.92. The number of hydrogen-bond donors (Lipinski definition) is 1. The van der Waals surface area contributed by atoms with E-state index in [0.29, 0.717) is 0 Å². The van der Waals surface area contributed by atoms with Crippen molar-refractivity contribution in [3.8, 4) is 11.8 Å². The highest BCUT2D eigenvalue weighted by atomic mass is 19.4. The van der Waals surface area contributed by atoms with Gasteiger partial charge in [0.25, 0.3) is 0 Å². The summed E-state index contributed by atoms with van der Waals surface area (Å²) in [6, 6.07) is -0.167. The van der Waals surface area contributed by atoms with Gasteiger partial charge in [-0.15, -0.1) is 13.2 Å². The number of aromatic nitrogens is 1. The first kappa shape index (κ1) is 15.9. The molecule has 1 N–H and O–H groups in total. The number of rotatable bonds is 3. The molecule has 0 aromatic carbocycles. The fraction of sp³-hybridized carbons (Fsp3) is 0.333. The Balaban J connectivity index is 3.52. The maximum absolute atomic E-state index is 12.7. The minimum atomic E-state index is -5.29. The summed E-state index contributed by atoms with van der Waals surface area (Å²) in [5.74, 6) is -4.68. The summed E-state index contributed by atoms with van der Waals surface area (Å²) < 4.78 is 81.3. The standard InChI is InChI=1S/C9H5F6NO4/c1-19-6-5(7(17)18)3(8(10,11)12)2-4(16-6)20-9(13,14)15/h2H,1H3,(H,17,18). The van der Waals surface area contributed by atoms with Gasteiger partial charge in [0.15, 0.2) is 0 Å². The molecule has 0 atom stereocenters. The molecule has 0 aliphatic heterocycles. The summed E-state index contributed by atoms with van der Waals surface area (Å²) >= 11 is 0. The minimum Gasteiger partial charge on any atom is -0.480 e. The third-order valence-electron chi connectivity index (χ3n) is 1.90. The van der Waals surface area contributed by atoms with Crippen LogP contribution in [0, 0.1) is 0 Å². The molecule has 0 amide bonds. The molecule has 0 fully saturated rings. The van der Waals surface area contributed by atoms with Crippen LogP contribution < -0.4 is 9.47 Å². The Kier molecular flexibility index (Phi) is 4.01. The van der Waals surface area contributed by atoms with Crippen LogP contribution in [0.25, 0.3) is 0 Å². The second-order valence-electron chi connectivity index (χ2n) is 3.24. The van der Waals surface area contributed by atoms with Crippen molar-refractivity contribution in [3.63, 3.8) is 0 Å². The van der Waals surface area contributed by atoms with Gasteiger partial charge >= 0.3 is 18.5 Å². The molecule has 0 aliphatic rings. The van der Waals surface area contributed by atoms with Gasteiger partial charge < -0.3 is 14.6 Å². The van der Waals surface area contributed by atoms with Gasteiger partial charge in [0.2, 0.25) is 11.8 Å². The van der Waals surface area contributed by atoms with E-state index in [4.69, 9.17) is 5.11 Å². The number of halogens is 6. The van der Waals surface area contributed by atoms with E-state index >= 15 is 0 Å². The van der Waals surface area contributed by atoms with Crippen molar-refractivity contribution < 1.29 is 45.7 Å². The molecule has 1 aromatic heterocycles. The normalized spacial score (nSPS) is 12.2. The van der Waals surface area contributed by atoms with E-state index in [-0.39, 0.29) is 6.07 Å². The Morgan fingerprint density at radius 3 is 2.15 bits per heavy atom. The molecular weight excluding hydrogens is 300 g/mol. The SMILES string of the molecule is COc1nc(OC(F)(F)F)cc(C(F)(F)F)c1C(=O)O. The lowest BCUT2D eigenvalue weighted by molar-refractivity contribution is -0.276. The van der Waals surface area contributed by atoms with E-state index in [1.807, 2.05) is 0 Å². The molecule has 112 valence electrons. The first-order valence-electron chi connectivity index (χ1n) is 4.61. The third-order valence-corrected chi connectivity index (χ3v) is 1.90. The maximum atomic E-state index is 12.7. The smallest absolute Gasteiger partial charge is 0.480 e. The van der Waals surface area contributed by atoms with Crippen LogP contribution in [0.5, 0.6) is 11.8 Å². The van der Waals surface area contributed by atoms with Crippen molar-refractivity contribution in [1.29, 1.82) is 0 Å². The van der Waals surface area contributed by atoms with Gasteiger partial charge in [-0.05, 0) is 0 Å². The summed E-state index contributed by atoms with van der Waals surface area (Å²) in [5, 5.41) is 8.68. The average molecular weight is 305 g/mol. The highest BCUT2D eigenvalue weighted by Crippen LogP contribution is 2.38. The Bertz CT molecular complexity index is 524. The molecule has 0 spiro atoms. The number of methoxy groups -OCH3 is 1. The summed E-state index contributed by atoms with van der Waals surface area (Å²) in [7, 11) is 0.756. The molecule has 5 nitrogen and oxygen atoms in total. The van der Waals surface area contributed by atoms with Gasteiger partial charge in [0.1, 0.15) is 5.56 Å². The zero-order chi connectivity index (χ0) is 15.7. The Labute approximate surface area is 106 Å². The van der Waals surface area contributed by atoms with E-state index in [1.165, 1.54) is 0 Å². The topological polar surface area (TPSA) is 68.7 Å². The number of nitrogens with zero attached hydrogens (tertiary/aromatic N) is 1. The molecule has 20 heavy (non-hydrogen) atoms. The maximum Gasteiger partial charge on any atom is 0.574 e. The van der Waals surface area contributed by atoms with Crippen molar-refractivity contribution in [1.82, 2.24) is 4.98 Å². The zero-order valence-corrected chi connectivity index (χ0v) is 9.46. The molecular formula is C9H5F6NO4. The van der Waals surface area contributed by atoms with E-state index < -0.39 is 41.4 Å². The predicted molar refractivity (Wildman–Crippen MR) is 49.4 cm³/mol. The summed E-state index contributed by atoms with van der Waals surface area (Å²) in [6.07, 6.45) is -10.5. The average Bonchev–Trinajstić information content (AvgIpc) is 2.23. The fourth-order valence-electron chi connectivity index (χ4n) is 1.25. The largest absolute Gasteiger partial charge is 0.574 e. The molecule has 0 bridgehead atoms. The van der Waals surface area contributed by atoms with Crippen molar-refractivity contribution in [2.24, 2.45) is 0 Å². The fourth-order valence-corrected chi connectivity index (χ4v) is 1.25. The molecule has 0 saturated carbocycles. The second kappa shape index (κ2) is 5.06. The lowest BCUT2D eigenvalue weighted by Crippen LogP contribution is -2.21. The van der Waals surface area contributed by atoms with Gasteiger partial charge in [0.05, 0.1) is 12.7 Å². The number of carboxylic acids is 1. The lowest BCUT2D eigenvalue weighted by atomic mass is 10.1. The molecule has 0 unspecified atom stereocenters. The number of alkyl halides is 6. The van der Waals surface area contributed by atoms with Crippen LogP contribution in [0.1, 0.15) is 15.9 Å². The third kappa shape index (κ3) is 3.65. The molecule has 0 saturated heterocycles. The lowest BCUT2D eigenvalue weighted by Gasteiger charge is -2.15. The van der Waals surface area contributed by atoms with E-state index in [0.717, 1.165) is 7.11 Å². The van der Waals surface area contributed by atoms with Crippen LogP contribution in [-0.2, 0) is 6.18 Å².